The predicted octanol–water partition coefficient (Wildman–Crippen LogP) is 4.99. The summed E-state index contributed by atoms with van der Waals surface area (Å²) >= 11 is 0. The number of amides is 2. The van der Waals surface area contributed by atoms with E-state index in [1.165, 1.54) is 6.33 Å². The molecule has 12 heteroatoms. The second-order valence-corrected chi connectivity index (χ2v) is 11.7. The lowest BCUT2D eigenvalue weighted by Crippen LogP contribution is -2.38. The Kier molecular flexibility index (Phi) is 9.65. The van der Waals surface area contributed by atoms with Crippen LogP contribution in [0.25, 0.3) is 28.0 Å². The smallest absolute Gasteiger partial charge is 0.323 e. The first-order valence-corrected chi connectivity index (χ1v) is 14.8. The van der Waals surface area contributed by atoms with Crippen molar-refractivity contribution in [2.45, 2.75) is 20.8 Å². The third kappa shape index (κ3) is 7.78. The summed E-state index contributed by atoms with van der Waals surface area (Å²) < 4.78 is 18.5. The molecule has 1 saturated heterocycles. The van der Waals surface area contributed by atoms with E-state index in [2.05, 4.69) is 32.1 Å². The number of nitrogens with zero attached hydrogens (tertiary/aromatic N) is 5. The van der Waals surface area contributed by atoms with Crippen molar-refractivity contribution < 1.29 is 19.0 Å². The molecule has 12 nitrogen and oxygen atoms in total. The zero-order chi connectivity index (χ0) is 32.0. The van der Waals surface area contributed by atoms with Gasteiger partial charge in [-0.25, -0.2) is 19.4 Å². The molecule has 0 bridgehead atoms. The van der Waals surface area contributed by atoms with E-state index in [0.29, 0.717) is 52.0 Å². The summed E-state index contributed by atoms with van der Waals surface area (Å²) in [7, 11) is 1.59. The highest BCUT2D eigenvalue weighted by atomic mass is 16.5. The fraction of sp³-hybridized carbons (Fsp3) is 0.333. The Balaban J connectivity index is 1.33. The number of methoxy groups -OCH3 is 1. The van der Waals surface area contributed by atoms with Crippen molar-refractivity contribution in [2.75, 3.05) is 57.6 Å². The molecule has 3 heterocycles. The van der Waals surface area contributed by atoms with Crippen molar-refractivity contribution >= 4 is 28.6 Å². The van der Waals surface area contributed by atoms with Gasteiger partial charge in [-0.15, -0.1) is 0 Å². The number of benzene rings is 2. The molecule has 0 saturated carbocycles. The van der Waals surface area contributed by atoms with Crippen LogP contribution in [0, 0.1) is 5.41 Å². The minimum absolute atomic E-state index is 0.235. The Morgan fingerprint density at radius 2 is 1.89 bits per heavy atom. The molecule has 1 fully saturated rings. The van der Waals surface area contributed by atoms with Crippen LogP contribution in [0.5, 0.6) is 5.75 Å². The first-order valence-electron chi connectivity index (χ1n) is 14.8. The molecule has 5 rings (SSSR count). The van der Waals surface area contributed by atoms with Gasteiger partial charge >= 0.3 is 6.03 Å². The van der Waals surface area contributed by atoms with Crippen LogP contribution in [0.2, 0.25) is 0 Å². The summed E-state index contributed by atoms with van der Waals surface area (Å²) in [6.45, 7) is 14.8. The van der Waals surface area contributed by atoms with Gasteiger partial charge in [-0.1, -0.05) is 33.4 Å². The van der Waals surface area contributed by atoms with Crippen LogP contribution < -0.4 is 21.1 Å². The van der Waals surface area contributed by atoms with Gasteiger partial charge < -0.3 is 30.6 Å². The number of fused-ring (bicyclic) bond motifs is 1. The molecule has 4 N–H and O–H groups in total. The Morgan fingerprint density at radius 1 is 1.13 bits per heavy atom. The Morgan fingerprint density at radius 3 is 2.60 bits per heavy atom. The highest BCUT2D eigenvalue weighted by Crippen LogP contribution is 2.33. The summed E-state index contributed by atoms with van der Waals surface area (Å²) in [5, 5.41) is 11.1. The maximum Gasteiger partial charge on any atom is 0.323 e. The molecule has 236 valence electrons. The number of nitrogen functional groups attached to an aromatic ring is 1. The number of allylic oxidation sites excluding steroid dienone is 2. The lowest BCUT2D eigenvalue weighted by molar-refractivity contribution is 0.0322. The minimum Gasteiger partial charge on any atom is -0.500 e. The fourth-order valence-corrected chi connectivity index (χ4v) is 4.98. The number of nitrogens with one attached hydrogen (secondary N) is 2. The number of anilines is 2. The van der Waals surface area contributed by atoms with Crippen molar-refractivity contribution in [1.29, 1.82) is 0 Å². The van der Waals surface area contributed by atoms with E-state index < -0.39 is 6.03 Å². The predicted molar refractivity (Wildman–Crippen MR) is 175 cm³/mol. The number of hydrogen-bond donors (Lipinski definition) is 3. The highest BCUT2D eigenvalue weighted by Gasteiger charge is 2.20. The largest absolute Gasteiger partial charge is 0.500 e. The number of carbonyl (C=O) groups is 1. The van der Waals surface area contributed by atoms with Crippen molar-refractivity contribution in [3.05, 3.63) is 79.0 Å². The summed E-state index contributed by atoms with van der Waals surface area (Å²) in [5.41, 5.74) is 9.75. The normalized spacial score (nSPS) is 14.3. The van der Waals surface area contributed by atoms with Crippen LogP contribution in [0.15, 0.2) is 79.0 Å². The van der Waals surface area contributed by atoms with Crippen LogP contribution in [0.4, 0.5) is 16.3 Å². The number of nitrogens with two attached hydrogens (primary N) is 1. The summed E-state index contributed by atoms with van der Waals surface area (Å²) in [6.07, 6.45) is 3.12. The van der Waals surface area contributed by atoms with Gasteiger partial charge in [-0.05, 0) is 48.5 Å². The summed E-state index contributed by atoms with van der Waals surface area (Å²) in [6, 6.07) is 14.6. The van der Waals surface area contributed by atoms with E-state index in [1.807, 2.05) is 57.2 Å². The molecule has 1 aliphatic heterocycles. The molecule has 0 atom stereocenters. The van der Waals surface area contributed by atoms with Gasteiger partial charge in [-0.3, -0.25) is 4.90 Å². The maximum absolute atomic E-state index is 12.8. The van der Waals surface area contributed by atoms with Crippen molar-refractivity contribution in [1.82, 2.24) is 30.0 Å². The van der Waals surface area contributed by atoms with Gasteiger partial charge in [0.15, 0.2) is 5.65 Å². The number of rotatable bonds is 10. The first kappa shape index (κ1) is 31.5. The average Bonchev–Trinajstić information content (AvgIpc) is 3.41. The third-order valence-electron chi connectivity index (χ3n) is 7.29. The molecule has 0 unspecified atom stereocenters. The first-order chi connectivity index (χ1) is 21.6. The maximum atomic E-state index is 12.8. The lowest BCUT2D eigenvalue weighted by Gasteiger charge is -2.26. The van der Waals surface area contributed by atoms with Gasteiger partial charge in [0.05, 0.1) is 31.4 Å². The summed E-state index contributed by atoms with van der Waals surface area (Å²) in [4.78, 5) is 23.8. The fourth-order valence-electron chi connectivity index (χ4n) is 4.98. The highest BCUT2D eigenvalue weighted by molar-refractivity contribution is 5.99. The van der Waals surface area contributed by atoms with E-state index in [4.69, 9.17) is 25.0 Å². The second kappa shape index (κ2) is 13.8. The molecular formula is C33H40N8O4. The van der Waals surface area contributed by atoms with Crippen LogP contribution in [-0.2, 0) is 9.47 Å². The van der Waals surface area contributed by atoms with E-state index >= 15 is 0 Å². The average molecular weight is 613 g/mol. The van der Waals surface area contributed by atoms with Gasteiger partial charge in [-0.2, -0.15) is 5.10 Å². The molecule has 2 aromatic carbocycles. The summed E-state index contributed by atoms with van der Waals surface area (Å²) in [5.74, 6) is 1.79. The monoisotopic (exact) mass is 612 g/mol. The molecular weight excluding hydrogens is 572 g/mol. The van der Waals surface area contributed by atoms with Crippen LogP contribution >= 0.6 is 0 Å². The van der Waals surface area contributed by atoms with Gasteiger partial charge in [0.2, 0.25) is 0 Å². The minimum atomic E-state index is -0.442. The number of urea groups is 1. The Bertz CT molecular complexity index is 1690. The molecule has 45 heavy (non-hydrogen) atoms. The van der Waals surface area contributed by atoms with Crippen molar-refractivity contribution in [3.8, 4) is 22.7 Å². The standard InChI is InChI=1S/C33H40N8O4/c1-22(19-27(43-5)33(2,3)4)37-32(42)38-24-7-6-8-25(20-24)41-31-28(30(34)35-21-36-31)29(39-41)23-9-11-26(12-10-23)45-18-15-40-13-16-44-17-14-40/h6-12,19-21H,1,13-18H2,2-5H3,(H2,34,35,36)(H2,37,38,42)/b27-19-. The molecule has 0 aliphatic carbocycles. The molecule has 0 spiro atoms. The zero-order valence-corrected chi connectivity index (χ0v) is 26.2. The number of aromatic nitrogens is 4. The van der Waals surface area contributed by atoms with E-state index in [0.717, 1.165) is 44.2 Å². The lowest BCUT2D eigenvalue weighted by atomic mass is 9.93. The molecule has 2 aromatic heterocycles. The number of hydrogen-bond acceptors (Lipinski definition) is 9. The molecule has 0 radical (unpaired) electrons. The SMILES string of the molecule is C=C(/C=C(\OC)C(C)(C)C)NC(=O)Nc1cccc(-n2nc(-c3ccc(OCCN4CCOCC4)cc3)c3c(N)ncnc32)c1. The Labute approximate surface area is 262 Å². The van der Waals surface area contributed by atoms with Gasteiger partial charge in [0.1, 0.15) is 36.0 Å². The van der Waals surface area contributed by atoms with E-state index in [9.17, 15) is 4.79 Å². The number of morpholine rings is 1. The molecule has 2 amide bonds. The van der Waals surface area contributed by atoms with Gasteiger partial charge in [0, 0.05) is 42.0 Å². The van der Waals surface area contributed by atoms with Gasteiger partial charge in [0.25, 0.3) is 0 Å². The van der Waals surface area contributed by atoms with Crippen LogP contribution in [0.3, 0.4) is 0 Å². The third-order valence-corrected chi connectivity index (χ3v) is 7.29. The molecule has 1 aliphatic rings. The van der Waals surface area contributed by atoms with Crippen molar-refractivity contribution in [3.63, 3.8) is 0 Å². The quantitative estimate of drug-likeness (QED) is 0.167. The van der Waals surface area contributed by atoms with Crippen LogP contribution in [-0.4, -0.2) is 77.2 Å². The Hall–Kier alpha value is -4.94. The number of carbonyl (C=O) groups excluding carboxylic acids is 1. The topological polar surface area (TPSA) is 142 Å². The number of ether oxygens (including phenoxy) is 3. The second-order valence-electron chi connectivity index (χ2n) is 11.7. The van der Waals surface area contributed by atoms with E-state index in [1.54, 1.807) is 30.0 Å². The van der Waals surface area contributed by atoms with E-state index in [-0.39, 0.29) is 5.41 Å². The van der Waals surface area contributed by atoms with Crippen LogP contribution in [0.1, 0.15) is 20.8 Å². The molecule has 4 aromatic rings. The van der Waals surface area contributed by atoms with Crippen molar-refractivity contribution in [2.24, 2.45) is 5.41 Å². The zero-order valence-electron chi connectivity index (χ0n) is 26.2.